The maximum Gasteiger partial charge on any atom is -0.0184 e. The molecule has 1 rings (SSSR count). The van der Waals surface area contributed by atoms with Crippen LogP contribution in [0, 0.1) is 0 Å². The first-order valence-corrected chi connectivity index (χ1v) is 6.38. The summed E-state index contributed by atoms with van der Waals surface area (Å²) in [4.78, 5) is 0. The van der Waals surface area contributed by atoms with Crippen molar-refractivity contribution in [3.05, 3.63) is 42.5 Å². The lowest BCUT2D eigenvalue weighted by atomic mass is 10.1. The summed E-state index contributed by atoms with van der Waals surface area (Å²) in [6, 6.07) is 6.40. The fraction of sp³-hybridized carbons (Fsp3) is 0.231. The number of benzene rings is 1. The number of hydrogen-bond acceptors (Lipinski definition) is 0. The molecule has 0 nitrogen and oxygen atoms in total. The van der Waals surface area contributed by atoms with E-state index in [4.69, 9.17) is 0 Å². The minimum atomic E-state index is 0.845. The first-order valence-electron chi connectivity index (χ1n) is 4.88. The summed E-state index contributed by atoms with van der Waals surface area (Å²) in [6.07, 6.45) is 3.74. The van der Waals surface area contributed by atoms with Crippen molar-refractivity contribution < 1.29 is 0 Å². The molecule has 0 radical (unpaired) electrons. The second-order valence-electron chi connectivity index (χ2n) is 2.50. The Bertz CT molecular complexity index is 300. The van der Waals surface area contributed by atoms with Crippen molar-refractivity contribution in [2.24, 2.45) is 0 Å². The molecular weight excluding hydrogens is 187 g/mol. The van der Waals surface area contributed by atoms with Crippen molar-refractivity contribution in [3.8, 4) is 0 Å². The zero-order valence-electron chi connectivity index (χ0n) is 9.30. The molecule has 1 unspecified atom stereocenters. The Hall–Kier alpha value is -0.870. The zero-order valence-corrected chi connectivity index (χ0v) is 10.3. The molecule has 1 heteroatoms. The van der Waals surface area contributed by atoms with Crippen LogP contribution in [0.4, 0.5) is 0 Å². The van der Waals surface area contributed by atoms with Gasteiger partial charge in [-0.25, -0.2) is 0 Å². The molecule has 0 saturated heterocycles. The van der Waals surface area contributed by atoms with Crippen molar-refractivity contribution in [3.63, 3.8) is 0 Å². The van der Waals surface area contributed by atoms with Crippen LogP contribution in [0.25, 0.3) is 12.2 Å². The molecule has 0 heterocycles. The lowest BCUT2D eigenvalue weighted by Crippen LogP contribution is -1.94. The van der Waals surface area contributed by atoms with E-state index in [1.54, 1.807) is 0 Å². The predicted octanol–water partition coefficient (Wildman–Crippen LogP) is 3.93. The molecular formula is C13H19P. The molecule has 76 valence electrons. The monoisotopic (exact) mass is 206 g/mol. The third-order valence-corrected chi connectivity index (χ3v) is 2.70. The van der Waals surface area contributed by atoms with Crippen LogP contribution < -0.4 is 5.30 Å². The second-order valence-corrected chi connectivity index (χ2v) is 3.58. The topological polar surface area (TPSA) is 0 Å². The number of hydrogen-bond donors (Lipinski definition) is 0. The van der Waals surface area contributed by atoms with Crippen LogP contribution >= 0.6 is 8.58 Å². The molecule has 0 aliphatic heterocycles. The van der Waals surface area contributed by atoms with Gasteiger partial charge in [0, 0.05) is 0 Å². The minimum Gasteiger partial charge on any atom is -0.0984 e. The third-order valence-electron chi connectivity index (χ3n) is 1.82. The largest absolute Gasteiger partial charge is 0.0984 e. The summed E-state index contributed by atoms with van der Waals surface area (Å²) < 4.78 is 0. The van der Waals surface area contributed by atoms with Gasteiger partial charge in [-0.3, -0.25) is 0 Å². The summed E-state index contributed by atoms with van der Waals surface area (Å²) in [5.41, 5.74) is 2.34. The highest BCUT2D eigenvalue weighted by Gasteiger charge is 1.95. The van der Waals surface area contributed by atoms with E-state index in [0.717, 1.165) is 14.1 Å². The van der Waals surface area contributed by atoms with Crippen LogP contribution in [0.5, 0.6) is 0 Å². The Morgan fingerprint density at radius 2 is 1.64 bits per heavy atom. The standard InChI is InChI=1S/C11H13P.C2H6/c1-4-9-6-7-11(12-3)8-10(9)5-2;1-2/h4-8,12H,1-2H2,3H3;1-2H3. The van der Waals surface area contributed by atoms with Gasteiger partial charge in [0.25, 0.3) is 0 Å². The highest BCUT2D eigenvalue weighted by Crippen LogP contribution is 2.13. The van der Waals surface area contributed by atoms with Gasteiger partial charge in [-0.2, -0.15) is 0 Å². The number of rotatable bonds is 3. The van der Waals surface area contributed by atoms with E-state index in [-0.39, 0.29) is 0 Å². The normalized spacial score (nSPS) is 9.36. The second kappa shape index (κ2) is 7.53. The summed E-state index contributed by atoms with van der Waals surface area (Å²) in [5.74, 6) is 0. The van der Waals surface area contributed by atoms with Crippen LogP contribution in [-0.4, -0.2) is 6.66 Å². The zero-order chi connectivity index (χ0) is 11.0. The molecule has 0 N–H and O–H groups in total. The lowest BCUT2D eigenvalue weighted by Gasteiger charge is -2.02. The van der Waals surface area contributed by atoms with E-state index < -0.39 is 0 Å². The highest BCUT2D eigenvalue weighted by molar-refractivity contribution is 7.46. The van der Waals surface area contributed by atoms with E-state index in [9.17, 15) is 0 Å². The Kier molecular flexibility index (Phi) is 7.06. The van der Waals surface area contributed by atoms with E-state index in [1.807, 2.05) is 26.0 Å². The summed E-state index contributed by atoms with van der Waals surface area (Å²) >= 11 is 0. The first kappa shape index (κ1) is 13.1. The van der Waals surface area contributed by atoms with E-state index >= 15 is 0 Å². The van der Waals surface area contributed by atoms with Gasteiger partial charge in [-0.15, -0.1) is 0 Å². The highest BCUT2D eigenvalue weighted by atomic mass is 31.1. The molecule has 1 aromatic rings. The smallest absolute Gasteiger partial charge is 0.0184 e. The van der Waals surface area contributed by atoms with Crippen LogP contribution in [0.1, 0.15) is 25.0 Å². The van der Waals surface area contributed by atoms with Crippen molar-refractivity contribution >= 4 is 26.0 Å². The fourth-order valence-electron chi connectivity index (χ4n) is 1.09. The molecule has 1 atom stereocenters. The average molecular weight is 206 g/mol. The molecule has 0 aliphatic rings. The summed E-state index contributed by atoms with van der Waals surface area (Å²) in [6.45, 7) is 13.7. The first-order chi connectivity index (χ1) is 6.81. The van der Waals surface area contributed by atoms with Crippen molar-refractivity contribution in [1.82, 2.24) is 0 Å². The maximum absolute atomic E-state index is 3.77. The summed E-state index contributed by atoms with van der Waals surface area (Å²) in [5, 5.41) is 1.37. The molecule has 0 saturated carbocycles. The molecule has 0 aromatic heterocycles. The van der Waals surface area contributed by atoms with Crippen molar-refractivity contribution in [1.29, 1.82) is 0 Å². The van der Waals surface area contributed by atoms with Gasteiger partial charge in [-0.05, 0) is 29.2 Å². The van der Waals surface area contributed by atoms with E-state index in [2.05, 4.69) is 38.0 Å². The quantitative estimate of drug-likeness (QED) is 0.657. The summed E-state index contributed by atoms with van der Waals surface area (Å²) in [7, 11) is 0.845. The van der Waals surface area contributed by atoms with Crippen molar-refractivity contribution in [2.45, 2.75) is 13.8 Å². The van der Waals surface area contributed by atoms with Gasteiger partial charge in [-0.1, -0.05) is 59.9 Å². The molecule has 0 fully saturated rings. The Morgan fingerprint density at radius 1 is 1.07 bits per heavy atom. The predicted molar refractivity (Wildman–Crippen MR) is 71.8 cm³/mol. The Balaban J connectivity index is 0.000000791. The molecule has 0 bridgehead atoms. The van der Waals surface area contributed by atoms with Gasteiger partial charge >= 0.3 is 0 Å². The molecule has 0 amide bonds. The van der Waals surface area contributed by atoms with Gasteiger partial charge in [0.15, 0.2) is 0 Å². The minimum absolute atomic E-state index is 0.845. The van der Waals surface area contributed by atoms with Crippen LogP contribution in [0.3, 0.4) is 0 Å². The van der Waals surface area contributed by atoms with Crippen LogP contribution in [0.2, 0.25) is 0 Å². The van der Waals surface area contributed by atoms with Crippen LogP contribution in [-0.2, 0) is 0 Å². The van der Waals surface area contributed by atoms with E-state index in [1.165, 1.54) is 10.9 Å². The van der Waals surface area contributed by atoms with Crippen LogP contribution in [0.15, 0.2) is 31.4 Å². The fourth-order valence-corrected chi connectivity index (χ4v) is 1.64. The Labute approximate surface area is 89.5 Å². The SMILES string of the molecule is C=Cc1ccc(PC)cc1C=C.CC. The van der Waals surface area contributed by atoms with Gasteiger partial charge in [0.2, 0.25) is 0 Å². The molecule has 14 heavy (non-hydrogen) atoms. The average Bonchev–Trinajstić information content (AvgIpc) is 2.30. The Morgan fingerprint density at radius 3 is 2.07 bits per heavy atom. The third kappa shape index (κ3) is 3.47. The molecule has 0 aliphatic carbocycles. The molecule has 1 aromatic carbocycles. The van der Waals surface area contributed by atoms with Crippen molar-refractivity contribution in [2.75, 3.05) is 6.66 Å². The molecule has 0 spiro atoms. The lowest BCUT2D eigenvalue weighted by molar-refractivity contribution is 1.50. The van der Waals surface area contributed by atoms with Gasteiger partial charge in [0.1, 0.15) is 0 Å². The maximum atomic E-state index is 3.77. The van der Waals surface area contributed by atoms with Gasteiger partial charge < -0.3 is 0 Å². The van der Waals surface area contributed by atoms with Gasteiger partial charge in [0.05, 0.1) is 0 Å². The van der Waals surface area contributed by atoms with E-state index in [0.29, 0.717) is 0 Å².